The molecule has 0 aromatic heterocycles. The Bertz CT molecular complexity index is 450. The van der Waals surface area contributed by atoms with Crippen molar-refractivity contribution in [3.63, 3.8) is 0 Å². The predicted octanol–water partition coefficient (Wildman–Crippen LogP) is 1.47. The molecule has 1 aliphatic rings. The van der Waals surface area contributed by atoms with Crippen LogP contribution in [-0.2, 0) is 11.3 Å². The van der Waals surface area contributed by atoms with Crippen molar-refractivity contribution >= 4 is 23.2 Å². The van der Waals surface area contributed by atoms with E-state index >= 15 is 0 Å². The SMILES string of the molecule is CN1CCCN(c2ccc(CN)c(Cl)c2)CC1=O. The highest BCUT2D eigenvalue weighted by molar-refractivity contribution is 6.31. The number of hydrogen-bond acceptors (Lipinski definition) is 3. The molecule has 1 aromatic carbocycles. The summed E-state index contributed by atoms with van der Waals surface area (Å²) in [6.45, 7) is 2.52. The summed E-state index contributed by atoms with van der Waals surface area (Å²) in [7, 11) is 1.84. The van der Waals surface area contributed by atoms with Crippen LogP contribution in [-0.4, -0.2) is 37.5 Å². The van der Waals surface area contributed by atoms with Gasteiger partial charge in [-0.15, -0.1) is 0 Å². The molecule has 1 heterocycles. The Kier molecular flexibility index (Phi) is 4.09. The standard InChI is InChI=1S/C13H18ClN3O/c1-16-5-2-6-17(9-13(16)18)11-4-3-10(8-15)12(14)7-11/h3-4,7H,2,5-6,8-9,15H2,1H3. The number of likely N-dealkylation sites (N-methyl/N-ethyl adjacent to an activating group) is 1. The lowest BCUT2D eigenvalue weighted by atomic mass is 10.2. The van der Waals surface area contributed by atoms with E-state index in [0.29, 0.717) is 18.1 Å². The summed E-state index contributed by atoms with van der Waals surface area (Å²) in [5.74, 6) is 0.145. The Labute approximate surface area is 112 Å². The van der Waals surface area contributed by atoms with Crippen LogP contribution < -0.4 is 10.6 Å². The second-order valence-corrected chi connectivity index (χ2v) is 4.98. The first-order valence-electron chi connectivity index (χ1n) is 6.09. The van der Waals surface area contributed by atoms with Gasteiger partial charge in [-0.05, 0) is 24.1 Å². The van der Waals surface area contributed by atoms with Gasteiger partial charge in [0.05, 0.1) is 6.54 Å². The third-order valence-corrected chi connectivity index (χ3v) is 3.65. The molecule has 1 amide bonds. The zero-order chi connectivity index (χ0) is 13.1. The maximum absolute atomic E-state index is 11.8. The number of rotatable bonds is 2. The molecule has 0 bridgehead atoms. The Morgan fingerprint density at radius 1 is 1.39 bits per heavy atom. The largest absolute Gasteiger partial charge is 0.362 e. The molecule has 1 aromatic rings. The molecule has 1 saturated heterocycles. The fraction of sp³-hybridized carbons (Fsp3) is 0.462. The van der Waals surface area contributed by atoms with Crippen LogP contribution in [0, 0.1) is 0 Å². The molecule has 0 spiro atoms. The summed E-state index contributed by atoms with van der Waals surface area (Å²) in [6.07, 6.45) is 0.971. The Morgan fingerprint density at radius 2 is 2.17 bits per heavy atom. The van der Waals surface area contributed by atoms with E-state index in [2.05, 4.69) is 4.90 Å². The first-order valence-corrected chi connectivity index (χ1v) is 6.47. The number of nitrogens with zero attached hydrogens (tertiary/aromatic N) is 2. The van der Waals surface area contributed by atoms with Gasteiger partial charge in [0.25, 0.3) is 0 Å². The molecule has 0 atom stereocenters. The van der Waals surface area contributed by atoms with Gasteiger partial charge >= 0.3 is 0 Å². The molecule has 0 saturated carbocycles. The summed E-state index contributed by atoms with van der Waals surface area (Å²) in [5, 5.41) is 0.667. The Morgan fingerprint density at radius 3 is 2.83 bits per heavy atom. The van der Waals surface area contributed by atoms with E-state index in [9.17, 15) is 4.79 Å². The third-order valence-electron chi connectivity index (χ3n) is 3.30. The molecule has 2 N–H and O–H groups in total. The molecule has 0 aliphatic carbocycles. The van der Waals surface area contributed by atoms with Gasteiger partial charge in [-0.3, -0.25) is 4.79 Å². The van der Waals surface area contributed by atoms with Crippen molar-refractivity contribution in [2.45, 2.75) is 13.0 Å². The van der Waals surface area contributed by atoms with Gasteiger partial charge in [0, 0.05) is 37.4 Å². The number of hydrogen-bond donors (Lipinski definition) is 1. The summed E-state index contributed by atoms with van der Waals surface area (Å²) in [5.41, 5.74) is 7.50. The molecule has 0 unspecified atom stereocenters. The third kappa shape index (κ3) is 2.76. The van der Waals surface area contributed by atoms with Crippen molar-refractivity contribution in [2.24, 2.45) is 5.73 Å². The number of carbonyl (C=O) groups excluding carboxylic acids is 1. The maximum Gasteiger partial charge on any atom is 0.241 e. The van der Waals surface area contributed by atoms with E-state index in [1.54, 1.807) is 4.90 Å². The first kappa shape index (κ1) is 13.2. The van der Waals surface area contributed by atoms with Gasteiger partial charge in [0.2, 0.25) is 5.91 Å². The molecular weight excluding hydrogens is 250 g/mol. The van der Waals surface area contributed by atoms with E-state index in [-0.39, 0.29) is 5.91 Å². The van der Waals surface area contributed by atoms with Gasteiger partial charge in [0.1, 0.15) is 0 Å². The van der Waals surface area contributed by atoms with Gasteiger partial charge in [-0.2, -0.15) is 0 Å². The summed E-state index contributed by atoms with van der Waals surface area (Å²) in [4.78, 5) is 15.7. The zero-order valence-corrected chi connectivity index (χ0v) is 11.3. The number of benzene rings is 1. The highest BCUT2D eigenvalue weighted by Crippen LogP contribution is 2.24. The van der Waals surface area contributed by atoms with E-state index < -0.39 is 0 Å². The monoisotopic (exact) mass is 267 g/mol. The van der Waals surface area contributed by atoms with Crippen molar-refractivity contribution in [3.05, 3.63) is 28.8 Å². The van der Waals surface area contributed by atoms with Crippen LogP contribution in [0.25, 0.3) is 0 Å². The maximum atomic E-state index is 11.8. The Hall–Kier alpha value is -1.26. The smallest absolute Gasteiger partial charge is 0.241 e. The molecular formula is C13H18ClN3O. The molecule has 2 rings (SSSR count). The zero-order valence-electron chi connectivity index (χ0n) is 10.5. The van der Waals surface area contributed by atoms with Gasteiger partial charge in [-0.1, -0.05) is 17.7 Å². The normalized spacial score (nSPS) is 16.9. The second-order valence-electron chi connectivity index (χ2n) is 4.57. The lowest BCUT2D eigenvalue weighted by Crippen LogP contribution is -2.34. The van der Waals surface area contributed by atoms with Crippen LogP contribution in [0.2, 0.25) is 5.02 Å². The fourth-order valence-electron chi connectivity index (χ4n) is 2.11. The minimum absolute atomic E-state index is 0.145. The lowest BCUT2D eigenvalue weighted by molar-refractivity contribution is -0.127. The van der Waals surface area contributed by atoms with Crippen LogP contribution in [0.5, 0.6) is 0 Å². The lowest BCUT2D eigenvalue weighted by Gasteiger charge is -2.22. The number of carbonyl (C=O) groups is 1. The van der Waals surface area contributed by atoms with E-state index in [0.717, 1.165) is 30.8 Å². The summed E-state index contributed by atoms with van der Waals surface area (Å²) >= 11 is 6.15. The van der Waals surface area contributed by atoms with Crippen molar-refractivity contribution in [3.8, 4) is 0 Å². The molecule has 5 heteroatoms. The molecule has 18 heavy (non-hydrogen) atoms. The van der Waals surface area contributed by atoms with Crippen molar-refractivity contribution in [1.29, 1.82) is 0 Å². The highest BCUT2D eigenvalue weighted by atomic mass is 35.5. The van der Waals surface area contributed by atoms with E-state index in [1.807, 2.05) is 25.2 Å². The average Bonchev–Trinajstić information content (AvgIpc) is 2.52. The summed E-state index contributed by atoms with van der Waals surface area (Å²) < 4.78 is 0. The summed E-state index contributed by atoms with van der Waals surface area (Å²) in [6, 6.07) is 5.80. The van der Waals surface area contributed by atoms with Gasteiger partial charge in [0.15, 0.2) is 0 Å². The number of amides is 1. The van der Waals surface area contributed by atoms with Crippen LogP contribution in [0.3, 0.4) is 0 Å². The predicted molar refractivity (Wildman–Crippen MR) is 73.8 cm³/mol. The molecule has 1 fully saturated rings. The van der Waals surface area contributed by atoms with Gasteiger partial charge < -0.3 is 15.5 Å². The number of nitrogens with two attached hydrogens (primary N) is 1. The minimum atomic E-state index is 0.145. The van der Waals surface area contributed by atoms with Crippen molar-refractivity contribution in [2.75, 3.05) is 31.6 Å². The van der Waals surface area contributed by atoms with Crippen LogP contribution >= 0.6 is 11.6 Å². The molecule has 4 nitrogen and oxygen atoms in total. The topological polar surface area (TPSA) is 49.6 Å². The molecule has 1 aliphatic heterocycles. The van der Waals surface area contributed by atoms with Gasteiger partial charge in [-0.25, -0.2) is 0 Å². The quantitative estimate of drug-likeness (QED) is 0.883. The van der Waals surface area contributed by atoms with E-state index in [4.69, 9.17) is 17.3 Å². The first-order chi connectivity index (χ1) is 8.61. The number of halogens is 1. The number of anilines is 1. The van der Waals surface area contributed by atoms with Crippen molar-refractivity contribution in [1.82, 2.24) is 4.90 Å². The highest BCUT2D eigenvalue weighted by Gasteiger charge is 2.19. The minimum Gasteiger partial charge on any atom is -0.362 e. The van der Waals surface area contributed by atoms with Crippen LogP contribution in [0.4, 0.5) is 5.69 Å². The second kappa shape index (κ2) is 5.59. The van der Waals surface area contributed by atoms with Crippen molar-refractivity contribution < 1.29 is 4.79 Å². The van der Waals surface area contributed by atoms with Crippen LogP contribution in [0.1, 0.15) is 12.0 Å². The fourth-order valence-corrected chi connectivity index (χ4v) is 2.36. The van der Waals surface area contributed by atoms with Crippen LogP contribution in [0.15, 0.2) is 18.2 Å². The molecule has 98 valence electrons. The molecule has 0 radical (unpaired) electrons. The average molecular weight is 268 g/mol. The Balaban J connectivity index is 2.20. The van der Waals surface area contributed by atoms with E-state index in [1.165, 1.54) is 0 Å².